The molecule has 1 aromatic heterocycles. The molecule has 8 nitrogen and oxygen atoms in total. The molecule has 1 aliphatic rings. The molecule has 2 heterocycles. The van der Waals surface area contributed by atoms with Crippen LogP contribution in [0.4, 0.5) is 11.5 Å². The van der Waals surface area contributed by atoms with Gasteiger partial charge in [0.05, 0.1) is 19.6 Å². The fraction of sp³-hybridized carbons (Fsp3) is 0.389. The Morgan fingerprint density at radius 2 is 1.88 bits per heavy atom. The summed E-state index contributed by atoms with van der Waals surface area (Å²) < 4.78 is 6.14. The van der Waals surface area contributed by atoms with Crippen molar-refractivity contribution in [3.63, 3.8) is 0 Å². The number of rotatable bonds is 4. The molecule has 0 atom stereocenters. The molecule has 138 valence electrons. The zero-order valence-electron chi connectivity index (χ0n) is 14.6. The summed E-state index contributed by atoms with van der Waals surface area (Å²) in [5.41, 5.74) is 6.34. The molecule has 2 aromatic rings. The molecule has 1 aromatic carbocycles. The number of carbonyl (C=O) groups is 1. The normalized spacial score (nSPS) is 15.0. The fourth-order valence-electron chi connectivity index (χ4n) is 3.31. The summed E-state index contributed by atoms with van der Waals surface area (Å²) in [6, 6.07) is 9.41. The van der Waals surface area contributed by atoms with Crippen LogP contribution in [0.5, 0.6) is 0 Å². The van der Waals surface area contributed by atoms with E-state index in [0.717, 1.165) is 5.56 Å². The first kappa shape index (κ1) is 17.8. The molecule has 1 saturated heterocycles. The summed E-state index contributed by atoms with van der Waals surface area (Å²) in [6.45, 7) is 1.26. The van der Waals surface area contributed by atoms with Crippen LogP contribution in [0.3, 0.4) is 0 Å². The number of anilines is 2. The first-order valence-corrected chi connectivity index (χ1v) is 8.50. The second kappa shape index (κ2) is 7.47. The third-order valence-electron chi connectivity index (χ3n) is 4.74. The lowest BCUT2D eigenvalue weighted by atomic mass is 9.97. The number of piperidine rings is 1. The highest BCUT2D eigenvalue weighted by Crippen LogP contribution is 2.25. The Hall–Kier alpha value is -3.03. The number of nitrogens with one attached hydrogen (secondary N) is 1. The van der Waals surface area contributed by atoms with Gasteiger partial charge in [-0.2, -0.15) is 0 Å². The van der Waals surface area contributed by atoms with Crippen molar-refractivity contribution in [3.05, 3.63) is 56.7 Å². The number of ether oxygens (including phenoxy) is 1. The van der Waals surface area contributed by atoms with Crippen molar-refractivity contribution >= 4 is 17.5 Å². The minimum absolute atomic E-state index is 0.138. The SMILES string of the molecule is COC(=O)C1CCN(c2c(N)n(Cc3ccccc3)c(=O)[nH]c2=O)CC1. The molecule has 0 aliphatic carbocycles. The first-order chi connectivity index (χ1) is 12.5. The molecule has 0 radical (unpaired) electrons. The minimum Gasteiger partial charge on any atom is -0.469 e. The standard InChI is InChI=1S/C18H22N4O4/c1-26-17(24)13-7-9-21(10-8-13)14-15(19)22(18(25)20-16(14)23)11-12-5-3-2-4-6-12/h2-6,13H,7-11,19H2,1H3,(H,20,23,25). The zero-order valence-corrected chi connectivity index (χ0v) is 14.6. The second-order valence-electron chi connectivity index (χ2n) is 6.35. The molecular weight excluding hydrogens is 336 g/mol. The van der Waals surface area contributed by atoms with Gasteiger partial charge >= 0.3 is 11.7 Å². The molecule has 0 bridgehead atoms. The number of methoxy groups -OCH3 is 1. The molecule has 3 N–H and O–H groups in total. The smallest absolute Gasteiger partial charge is 0.330 e. The number of nitrogens with zero attached hydrogens (tertiary/aromatic N) is 2. The van der Waals surface area contributed by atoms with E-state index in [2.05, 4.69) is 4.98 Å². The predicted octanol–water partition coefficient (Wildman–Crippen LogP) is 0.556. The van der Waals surface area contributed by atoms with Crippen molar-refractivity contribution in [1.82, 2.24) is 9.55 Å². The van der Waals surface area contributed by atoms with Gasteiger partial charge in [0, 0.05) is 13.1 Å². The molecule has 8 heteroatoms. The van der Waals surface area contributed by atoms with Crippen LogP contribution in [0.15, 0.2) is 39.9 Å². The first-order valence-electron chi connectivity index (χ1n) is 8.50. The maximum absolute atomic E-state index is 12.4. The number of aromatic amines is 1. The van der Waals surface area contributed by atoms with Gasteiger partial charge in [-0.05, 0) is 18.4 Å². The van der Waals surface area contributed by atoms with E-state index in [0.29, 0.717) is 25.9 Å². The number of benzene rings is 1. The zero-order chi connectivity index (χ0) is 18.7. The molecule has 3 rings (SSSR count). The Kier molecular flexibility index (Phi) is 5.11. The number of hydrogen-bond acceptors (Lipinski definition) is 6. The van der Waals surface area contributed by atoms with E-state index in [1.54, 1.807) is 0 Å². The Morgan fingerprint density at radius 3 is 2.50 bits per heavy atom. The summed E-state index contributed by atoms with van der Waals surface area (Å²) in [5.74, 6) is -0.272. The summed E-state index contributed by atoms with van der Waals surface area (Å²) in [6.07, 6.45) is 1.15. The highest BCUT2D eigenvalue weighted by atomic mass is 16.5. The number of hydrogen-bond donors (Lipinski definition) is 2. The van der Waals surface area contributed by atoms with E-state index < -0.39 is 11.2 Å². The fourth-order valence-corrected chi connectivity index (χ4v) is 3.31. The van der Waals surface area contributed by atoms with Gasteiger partial charge in [0.25, 0.3) is 5.56 Å². The highest BCUT2D eigenvalue weighted by molar-refractivity contribution is 5.73. The predicted molar refractivity (Wildman–Crippen MR) is 98.2 cm³/mol. The van der Waals surface area contributed by atoms with Gasteiger partial charge in [0.15, 0.2) is 0 Å². The Morgan fingerprint density at radius 1 is 1.23 bits per heavy atom. The molecular formula is C18H22N4O4. The molecule has 1 aliphatic heterocycles. The van der Waals surface area contributed by atoms with Gasteiger partial charge in [0.2, 0.25) is 0 Å². The molecule has 0 spiro atoms. The van der Waals surface area contributed by atoms with Crippen LogP contribution in [-0.4, -0.2) is 35.7 Å². The Bertz CT molecular complexity index is 896. The van der Waals surface area contributed by atoms with Gasteiger partial charge in [-0.25, -0.2) is 4.79 Å². The van der Waals surface area contributed by atoms with Crippen LogP contribution < -0.4 is 21.9 Å². The van der Waals surface area contributed by atoms with Crippen molar-refractivity contribution in [3.8, 4) is 0 Å². The van der Waals surface area contributed by atoms with Crippen molar-refractivity contribution in [2.24, 2.45) is 5.92 Å². The average Bonchev–Trinajstić information content (AvgIpc) is 2.66. The summed E-state index contributed by atoms with van der Waals surface area (Å²) in [4.78, 5) is 40.4. The van der Waals surface area contributed by atoms with Gasteiger partial charge in [-0.3, -0.25) is 19.1 Å². The lowest BCUT2D eigenvalue weighted by molar-refractivity contribution is -0.146. The van der Waals surface area contributed by atoms with Crippen LogP contribution in [0.1, 0.15) is 18.4 Å². The number of carbonyl (C=O) groups excluding carboxylic acids is 1. The minimum atomic E-state index is -0.537. The maximum atomic E-state index is 12.4. The van der Waals surface area contributed by atoms with Crippen molar-refractivity contribution in [2.75, 3.05) is 30.8 Å². The maximum Gasteiger partial charge on any atom is 0.330 e. The number of esters is 1. The monoisotopic (exact) mass is 358 g/mol. The lowest BCUT2D eigenvalue weighted by Crippen LogP contribution is -2.43. The number of nitrogens with two attached hydrogens (primary N) is 1. The van der Waals surface area contributed by atoms with E-state index in [4.69, 9.17) is 10.5 Å². The van der Waals surface area contributed by atoms with Gasteiger partial charge in [-0.1, -0.05) is 30.3 Å². The van der Waals surface area contributed by atoms with Crippen LogP contribution in [-0.2, 0) is 16.1 Å². The van der Waals surface area contributed by atoms with E-state index >= 15 is 0 Å². The number of nitrogen functional groups attached to an aromatic ring is 1. The van der Waals surface area contributed by atoms with E-state index in [-0.39, 0.29) is 29.9 Å². The van der Waals surface area contributed by atoms with E-state index in [1.807, 2.05) is 35.2 Å². The Balaban J connectivity index is 1.89. The molecule has 0 unspecified atom stereocenters. The topological polar surface area (TPSA) is 110 Å². The van der Waals surface area contributed by atoms with E-state index in [1.165, 1.54) is 11.7 Å². The molecule has 1 fully saturated rings. The number of aromatic nitrogens is 2. The highest BCUT2D eigenvalue weighted by Gasteiger charge is 2.28. The Labute approximate surface area is 150 Å². The van der Waals surface area contributed by atoms with Gasteiger partial charge < -0.3 is 15.4 Å². The summed E-state index contributed by atoms with van der Waals surface area (Å²) >= 11 is 0. The summed E-state index contributed by atoms with van der Waals surface area (Å²) in [7, 11) is 1.37. The van der Waals surface area contributed by atoms with Crippen LogP contribution in [0.25, 0.3) is 0 Å². The lowest BCUT2D eigenvalue weighted by Gasteiger charge is -2.32. The van der Waals surface area contributed by atoms with Crippen molar-refractivity contribution < 1.29 is 9.53 Å². The largest absolute Gasteiger partial charge is 0.469 e. The molecule has 0 amide bonds. The summed E-state index contributed by atoms with van der Waals surface area (Å²) in [5, 5.41) is 0. The second-order valence-corrected chi connectivity index (χ2v) is 6.35. The van der Waals surface area contributed by atoms with E-state index in [9.17, 15) is 14.4 Å². The quantitative estimate of drug-likeness (QED) is 0.773. The third-order valence-corrected chi connectivity index (χ3v) is 4.74. The van der Waals surface area contributed by atoms with Crippen LogP contribution in [0.2, 0.25) is 0 Å². The third kappa shape index (κ3) is 3.49. The van der Waals surface area contributed by atoms with Crippen LogP contribution >= 0.6 is 0 Å². The van der Waals surface area contributed by atoms with Gasteiger partial charge in [-0.15, -0.1) is 0 Å². The molecule has 0 saturated carbocycles. The average molecular weight is 358 g/mol. The van der Waals surface area contributed by atoms with Gasteiger partial charge in [0.1, 0.15) is 11.5 Å². The van der Waals surface area contributed by atoms with Crippen molar-refractivity contribution in [1.29, 1.82) is 0 Å². The molecule has 26 heavy (non-hydrogen) atoms. The number of H-pyrrole nitrogens is 1. The van der Waals surface area contributed by atoms with Crippen LogP contribution in [0, 0.1) is 5.92 Å². The van der Waals surface area contributed by atoms with Crippen molar-refractivity contribution in [2.45, 2.75) is 19.4 Å².